The highest BCUT2D eigenvalue weighted by Crippen LogP contribution is 2.08. The van der Waals surface area contributed by atoms with Crippen LogP contribution < -0.4 is 0 Å². The first-order chi connectivity index (χ1) is 11.4. The van der Waals surface area contributed by atoms with E-state index in [9.17, 15) is 16.8 Å². The summed E-state index contributed by atoms with van der Waals surface area (Å²) < 4.78 is 48.1. The summed E-state index contributed by atoms with van der Waals surface area (Å²) in [5.74, 6) is -0.421. The molecule has 0 aliphatic heterocycles. The second-order valence-corrected chi connectivity index (χ2v) is 9.77. The zero-order valence-electron chi connectivity index (χ0n) is 13.2. The molecule has 0 saturated carbocycles. The third kappa shape index (κ3) is 6.68. The van der Waals surface area contributed by atoms with Gasteiger partial charge in [-0.2, -0.15) is 0 Å². The molecule has 0 fully saturated rings. The van der Waals surface area contributed by atoms with Crippen LogP contribution in [-0.4, -0.2) is 28.3 Å². The summed E-state index contributed by atoms with van der Waals surface area (Å²) in [6.07, 6.45) is 2.83. The van der Waals surface area contributed by atoms with Crippen LogP contribution in [0.3, 0.4) is 0 Å². The molecule has 0 unspecified atom stereocenters. The highest BCUT2D eigenvalue weighted by molar-refractivity contribution is 7.91. The van der Waals surface area contributed by atoms with Crippen LogP contribution >= 0.6 is 0 Å². The summed E-state index contributed by atoms with van der Waals surface area (Å²) >= 11 is 0. The van der Waals surface area contributed by atoms with E-state index in [0.717, 1.165) is 11.1 Å². The number of hydrogen-bond donors (Lipinski definition) is 0. The van der Waals surface area contributed by atoms with Crippen molar-refractivity contribution in [2.24, 2.45) is 0 Å². The van der Waals surface area contributed by atoms with Gasteiger partial charge in [0.1, 0.15) is 0 Å². The molecule has 2 aromatic rings. The Bertz CT molecular complexity index is 794. The topological polar surface area (TPSA) is 68.3 Å². The van der Waals surface area contributed by atoms with Crippen molar-refractivity contribution in [2.75, 3.05) is 11.5 Å². The van der Waals surface area contributed by atoms with E-state index in [-0.39, 0.29) is 23.0 Å². The van der Waals surface area contributed by atoms with Crippen molar-refractivity contribution in [3.63, 3.8) is 0 Å². The molecule has 0 amide bonds. The first-order valence-electron chi connectivity index (χ1n) is 7.50. The largest absolute Gasteiger partial charge is 0.228 e. The molecule has 128 valence electrons. The number of benzene rings is 2. The van der Waals surface area contributed by atoms with Crippen LogP contribution in [0.2, 0.25) is 0 Å². The zero-order valence-corrected chi connectivity index (χ0v) is 14.8. The lowest BCUT2D eigenvalue weighted by Crippen LogP contribution is -2.09. The van der Waals surface area contributed by atoms with Crippen molar-refractivity contribution in [2.45, 2.75) is 11.5 Å². The van der Waals surface area contributed by atoms with Gasteiger partial charge in [-0.3, -0.25) is 0 Å². The summed E-state index contributed by atoms with van der Waals surface area (Å²) in [5.41, 5.74) is 1.45. The highest BCUT2D eigenvalue weighted by atomic mass is 32.2. The van der Waals surface area contributed by atoms with Gasteiger partial charge in [-0.25, -0.2) is 16.8 Å². The Labute approximate surface area is 143 Å². The summed E-state index contributed by atoms with van der Waals surface area (Å²) in [4.78, 5) is 0. The number of sulfone groups is 2. The van der Waals surface area contributed by atoms with Gasteiger partial charge in [0.05, 0.1) is 23.0 Å². The molecule has 2 aromatic carbocycles. The van der Waals surface area contributed by atoms with Gasteiger partial charge in [-0.15, -0.1) is 0 Å². The molecule has 6 heteroatoms. The molecule has 0 aromatic heterocycles. The molecule has 2 rings (SSSR count). The molecule has 0 aliphatic rings. The van der Waals surface area contributed by atoms with E-state index in [2.05, 4.69) is 0 Å². The zero-order chi connectivity index (χ0) is 17.5. The molecular formula is C18H20O4S2. The Hall–Kier alpha value is -1.92. The van der Waals surface area contributed by atoms with E-state index in [1.165, 1.54) is 12.2 Å². The van der Waals surface area contributed by atoms with Gasteiger partial charge >= 0.3 is 0 Å². The monoisotopic (exact) mass is 364 g/mol. The van der Waals surface area contributed by atoms with Gasteiger partial charge in [-0.1, -0.05) is 72.8 Å². The predicted octanol–water partition coefficient (Wildman–Crippen LogP) is 2.77. The van der Waals surface area contributed by atoms with Crippen molar-refractivity contribution in [3.8, 4) is 0 Å². The van der Waals surface area contributed by atoms with Crippen molar-refractivity contribution in [1.82, 2.24) is 0 Å². The minimum absolute atomic E-state index is 0.0467. The minimum atomic E-state index is -3.29. The van der Waals surface area contributed by atoms with Crippen molar-refractivity contribution >= 4 is 19.7 Å². The molecule has 0 atom stereocenters. The third-order valence-corrected chi connectivity index (χ3v) is 6.27. The maximum Gasteiger partial charge on any atom is 0.157 e. The average molecular weight is 364 g/mol. The lowest BCUT2D eigenvalue weighted by atomic mass is 10.2. The van der Waals surface area contributed by atoms with Crippen LogP contribution in [0.4, 0.5) is 0 Å². The Morgan fingerprint density at radius 2 is 0.917 bits per heavy atom. The molecule has 0 saturated heterocycles. The van der Waals surface area contributed by atoms with E-state index in [1.807, 2.05) is 12.1 Å². The third-order valence-electron chi connectivity index (χ3n) is 3.33. The minimum Gasteiger partial charge on any atom is -0.228 e. The molecule has 4 nitrogen and oxygen atoms in total. The summed E-state index contributed by atoms with van der Waals surface area (Å²) in [6, 6.07) is 17.8. The lowest BCUT2D eigenvalue weighted by molar-refractivity contribution is 0.595. The number of hydrogen-bond acceptors (Lipinski definition) is 4. The highest BCUT2D eigenvalue weighted by Gasteiger charge is 2.11. The van der Waals surface area contributed by atoms with E-state index in [1.54, 1.807) is 48.5 Å². The van der Waals surface area contributed by atoms with Crippen LogP contribution in [0.5, 0.6) is 0 Å². The van der Waals surface area contributed by atoms with Crippen molar-refractivity contribution < 1.29 is 16.8 Å². The van der Waals surface area contributed by atoms with Crippen LogP contribution in [0, 0.1) is 0 Å². The first-order valence-corrected chi connectivity index (χ1v) is 11.1. The van der Waals surface area contributed by atoms with Gasteiger partial charge in [0.2, 0.25) is 0 Å². The maximum absolute atomic E-state index is 12.0. The Kier molecular flexibility index (Phi) is 6.34. The van der Waals surface area contributed by atoms with E-state index >= 15 is 0 Å². The van der Waals surface area contributed by atoms with E-state index in [0.29, 0.717) is 0 Å². The van der Waals surface area contributed by atoms with Gasteiger partial charge in [0, 0.05) is 0 Å². The standard InChI is InChI=1S/C18H20O4S2/c19-23(20,15-17-9-3-1-4-10-17)13-7-8-14-24(21,22)16-18-11-5-2-6-12-18/h1-12H,13-16H2. The Balaban J connectivity index is 1.87. The smallest absolute Gasteiger partial charge is 0.157 e. The Morgan fingerprint density at radius 1 is 0.583 bits per heavy atom. The fourth-order valence-corrected chi connectivity index (χ4v) is 4.70. The Morgan fingerprint density at radius 3 is 1.25 bits per heavy atom. The van der Waals surface area contributed by atoms with Gasteiger partial charge < -0.3 is 0 Å². The normalized spacial score (nSPS) is 12.5. The SMILES string of the molecule is O=S(=O)(CC=CCS(=O)(=O)Cc1ccccc1)Cc1ccccc1. The molecule has 24 heavy (non-hydrogen) atoms. The van der Waals surface area contributed by atoms with Crippen LogP contribution in [0.25, 0.3) is 0 Å². The van der Waals surface area contributed by atoms with Crippen LogP contribution in [0.1, 0.15) is 11.1 Å². The van der Waals surface area contributed by atoms with Gasteiger partial charge in [0.15, 0.2) is 19.7 Å². The van der Waals surface area contributed by atoms with E-state index < -0.39 is 19.7 Å². The van der Waals surface area contributed by atoms with E-state index in [4.69, 9.17) is 0 Å². The molecule has 0 bridgehead atoms. The molecule has 0 heterocycles. The van der Waals surface area contributed by atoms with Crippen molar-refractivity contribution in [3.05, 3.63) is 83.9 Å². The fourth-order valence-electron chi connectivity index (χ4n) is 2.20. The quantitative estimate of drug-likeness (QED) is 0.676. The maximum atomic E-state index is 12.0. The summed E-state index contributed by atoms with van der Waals surface area (Å²) in [6.45, 7) is 0. The van der Waals surface area contributed by atoms with Crippen LogP contribution in [-0.2, 0) is 31.2 Å². The second kappa shape index (κ2) is 8.26. The van der Waals surface area contributed by atoms with Crippen LogP contribution in [0.15, 0.2) is 72.8 Å². The number of rotatable bonds is 8. The second-order valence-electron chi connectivity index (χ2n) is 5.55. The molecule has 0 radical (unpaired) electrons. The molecule has 0 aliphatic carbocycles. The van der Waals surface area contributed by atoms with Crippen molar-refractivity contribution in [1.29, 1.82) is 0 Å². The molecule has 0 spiro atoms. The predicted molar refractivity (Wildman–Crippen MR) is 97.0 cm³/mol. The summed E-state index contributed by atoms with van der Waals surface area (Å²) in [7, 11) is -6.59. The molecule has 0 N–H and O–H groups in total. The first kappa shape index (κ1) is 18.4. The van der Waals surface area contributed by atoms with Gasteiger partial charge in [0.25, 0.3) is 0 Å². The summed E-state index contributed by atoms with van der Waals surface area (Å²) in [5, 5.41) is 0. The average Bonchev–Trinajstić information content (AvgIpc) is 2.53. The fraction of sp³-hybridized carbons (Fsp3) is 0.222. The lowest BCUT2D eigenvalue weighted by Gasteiger charge is -2.03. The molecular weight excluding hydrogens is 344 g/mol. The van der Waals surface area contributed by atoms with Gasteiger partial charge in [-0.05, 0) is 11.1 Å².